The van der Waals surface area contributed by atoms with Crippen LogP contribution in [-0.4, -0.2) is 42.1 Å². The number of nitrogens with zero attached hydrogens (tertiary/aromatic N) is 1. The maximum atomic E-state index is 13.7. The molecule has 2 saturated heterocycles. The van der Waals surface area contributed by atoms with Gasteiger partial charge in [-0.2, -0.15) is 0 Å². The summed E-state index contributed by atoms with van der Waals surface area (Å²) in [7, 11) is 0. The van der Waals surface area contributed by atoms with Crippen LogP contribution in [0.15, 0.2) is 18.2 Å². The first-order chi connectivity index (χ1) is 12.5. The van der Waals surface area contributed by atoms with E-state index in [-0.39, 0.29) is 29.3 Å². The molecule has 2 aliphatic carbocycles. The number of amides is 2. The maximum Gasteiger partial charge on any atom is 0.407 e. The summed E-state index contributed by atoms with van der Waals surface area (Å²) in [5.74, 6) is 1.60. The first-order valence-electron chi connectivity index (χ1n) is 9.52. The van der Waals surface area contributed by atoms with Crippen LogP contribution in [-0.2, 0) is 16.0 Å². The van der Waals surface area contributed by atoms with Crippen LogP contribution in [0, 0.1) is 23.6 Å². The van der Waals surface area contributed by atoms with Crippen LogP contribution in [0.2, 0.25) is 0 Å². The molecule has 0 radical (unpaired) electrons. The van der Waals surface area contributed by atoms with Crippen molar-refractivity contribution in [2.24, 2.45) is 17.8 Å². The molecule has 6 heteroatoms. The number of aryl methyl sites for hydroxylation is 1. The lowest BCUT2D eigenvalue weighted by Crippen LogP contribution is -2.58. The number of hydrogen-bond donors (Lipinski definition) is 1. The van der Waals surface area contributed by atoms with Crippen molar-refractivity contribution in [1.82, 2.24) is 10.2 Å². The SMILES string of the molecule is CCc1cc([C@H]2[C@@H]3CN(C(=O)C4CC5(COC(=O)N5)C4)C[C@@H]32)ccc1F. The highest BCUT2D eigenvalue weighted by Crippen LogP contribution is 2.59. The second kappa shape index (κ2) is 5.44. The molecule has 138 valence electrons. The summed E-state index contributed by atoms with van der Waals surface area (Å²) in [5.41, 5.74) is 1.70. The summed E-state index contributed by atoms with van der Waals surface area (Å²) in [6.45, 7) is 3.96. The maximum absolute atomic E-state index is 13.7. The normalized spacial score (nSPS) is 37.2. The smallest absolute Gasteiger partial charge is 0.407 e. The first-order valence-corrected chi connectivity index (χ1v) is 9.52. The largest absolute Gasteiger partial charge is 0.447 e. The van der Waals surface area contributed by atoms with E-state index in [4.69, 9.17) is 4.74 Å². The van der Waals surface area contributed by atoms with Gasteiger partial charge in [-0.05, 0) is 54.2 Å². The van der Waals surface area contributed by atoms with Crippen molar-refractivity contribution in [3.05, 3.63) is 35.1 Å². The summed E-state index contributed by atoms with van der Waals surface area (Å²) in [6, 6.07) is 5.49. The molecule has 3 atom stereocenters. The number of likely N-dealkylation sites (tertiary alicyclic amines) is 1. The molecule has 2 amide bonds. The average molecular weight is 358 g/mol. The van der Waals surface area contributed by atoms with Gasteiger partial charge in [0.25, 0.3) is 0 Å². The zero-order valence-corrected chi connectivity index (χ0v) is 14.8. The third-order valence-electron chi connectivity index (χ3n) is 6.81. The summed E-state index contributed by atoms with van der Waals surface area (Å²) in [6.07, 6.45) is 1.71. The van der Waals surface area contributed by atoms with Crippen molar-refractivity contribution >= 4 is 12.0 Å². The number of benzene rings is 1. The zero-order chi connectivity index (χ0) is 18.1. The van der Waals surface area contributed by atoms with E-state index in [2.05, 4.69) is 5.32 Å². The molecule has 26 heavy (non-hydrogen) atoms. The van der Waals surface area contributed by atoms with E-state index in [9.17, 15) is 14.0 Å². The fourth-order valence-corrected chi connectivity index (χ4v) is 5.30. The molecule has 1 spiro atoms. The van der Waals surface area contributed by atoms with Gasteiger partial charge in [0.15, 0.2) is 0 Å². The van der Waals surface area contributed by atoms with Gasteiger partial charge in [0.1, 0.15) is 12.4 Å². The van der Waals surface area contributed by atoms with E-state index in [0.29, 0.717) is 43.6 Å². The molecule has 0 unspecified atom stereocenters. The first kappa shape index (κ1) is 16.1. The Labute approximate surface area is 151 Å². The van der Waals surface area contributed by atoms with Crippen LogP contribution in [0.3, 0.4) is 0 Å². The van der Waals surface area contributed by atoms with Gasteiger partial charge < -0.3 is 15.0 Å². The fraction of sp³-hybridized carbons (Fsp3) is 0.600. The van der Waals surface area contributed by atoms with Crippen molar-refractivity contribution in [2.45, 2.75) is 37.6 Å². The average Bonchev–Trinajstić information content (AvgIpc) is 2.95. The minimum Gasteiger partial charge on any atom is -0.447 e. The third kappa shape index (κ3) is 2.34. The Bertz CT molecular complexity index is 777. The number of cyclic esters (lactones) is 1. The number of fused-ring (bicyclic) bond motifs is 1. The molecule has 0 aromatic heterocycles. The number of ether oxygens (including phenoxy) is 1. The minimum atomic E-state index is -0.369. The molecule has 2 heterocycles. The molecule has 5 rings (SSSR count). The number of carbonyl (C=O) groups is 2. The fourth-order valence-electron chi connectivity index (χ4n) is 5.30. The lowest BCUT2D eigenvalue weighted by molar-refractivity contribution is -0.140. The highest BCUT2D eigenvalue weighted by atomic mass is 19.1. The van der Waals surface area contributed by atoms with E-state index >= 15 is 0 Å². The molecule has 1 aromatic carbocycles. The van der Waals surface area contributed by atoms with Gasteiger partial charge in [-0.25, -0.2) is 9.18 Å². The van der Waals surface area contributed by atoms with Crippen LogP contribution in [0.1, 0.15) is 36.8 Å². The molecular weight excluding hydrogens is 335 g/mol. The Morgan fingerprint density at radius 1 is 1.35 bits per heavy atom. The number of alkyl carbamates (subject to hydrolysis) is 1. The van der Waals surface area contributed by atoms with Gasteiger partial charge in [0.05, 0.1) is 5.54 Å². The summed E-state index contributed by atoms with van der Waals surface area (Å²) < 4.78 is 18.7. The van der Waals surface area contributed by atoms with Crippen molar-refractivity contribution in [3.8, 4) is 0 Å². The molecular formula is C20H23FN2O3. The van der Waals surface area contributed by atoms with Crippen LogP contribution < -0.4 is 5.32 Å². The van der Waals surface area contributed by atoms with Gasteiger partial charge in [-0.3, -0.25) is 4.79 Å². The Balaban J connectivity index is 1.18. The van der Waals surface area contributed by atoms with E-state index in [1.54, 1.807) is 6.07 Å². The van der Waals surface area contributed by atoms with Crippen LogP contribution in [0.5, 0.6) is 0 Å². The summed E-state index contributed by atoms with van der Waals surface area (Å²) in [4.78, 5) is 25.9. The lowest BCUT2D eigenvalue weighted by Gasteiger charge is -2.43. The van der Waals surface area contributed by atoms with E-state index in [1.165, 1.54) is 5.56 Å². The van der Waals surface area contributed by atoms with Crippen LogP contribution >= 0.6 is 0 Å². The predicted molar refractivity (Wildman–Crippen MR) is 92.0 cm³/mol. The van der Waals surface area contributed by atoms with Crippen molar-refractivity contribution in [3.63, 3.8) is 0 Å². The third-order valence-corrected chi connectivity index (χ3v) is 6.81. The monoisotopic (exact) mass is 358 g/mol. The predicted octanol–water partition coefficient (Wildman–Crippen LogP) is 2.45. The second-order valence-corrected chi connectivity index (χ2v) is 8.39. The van der Waals surface area contributed by atoms with Crippen LogP contribution in [0.4, 0.5) is 9.18 Å². The van der Waals surface area contributed by atoms with Gasteiger partial charge in [-0.1, -0.05) is 19.1 Å². The van der Waals surface area contributed by atoms with Gasteiger partial charge >= 0.3 is 6.09 Å². The standard InChI is InChI=1S/C20H23FN2O3/c1-2-11-5-12(3-4-16(11)21)17-14-8-23(9-15(14)17)18(24)13-6-20(7-13)10-26-19(25)22-20/h3-5,13-15,17H,2,6-10H2,1H3,(H,22,25)/t13?,14-,15+,17+,20?. The molecule has 2 aliphatic heterocycles. The number of hydrogen-bond acceptors (Lipinski definition) is 3. The lowest BCUT2D eigenvalue weighted by atomic mass is 9.68. The number of piperidine rings is 1. The Hall–Kier alpha value is -2.11. The molecule has 4 aliphatic rings. The van der Waals surface area contributed by atoms with Gasteiger partial charge in [0, 0.05) is 19.0 Å². The highest BCUT2D eigenvalue weighted by molar-refractivity contribution is 5.82. The summed E-state index contributed by atoms with van der Waals surface area (Å²) >= 11 is 0. The van der Waals surface area contributed by atoms with E-state index < -0.39 is 0 Å². The number of halogens is 1. The molecule has 4 fully saturated rings. The van der Waals surface area contributed by atoms with Crippen molar-refractivity contribution in [2.75, 3.05) is 19.7 Å². The quantitative estimate of drug-likeness (QED) is 0.903. The van der Waals surface area contributed by atoms with E-state index in [1.807, 2.05) is 24.0 Å². The Morgan fingerprint density at radius 2 is 2.08 bits per heavy atom. The second-order valence-electron chi connectivity index (χ2n) is 8.39. The molecule has 5 nitrogen and oxygen atoms in total. The van der Waals surface area contributed by atoms with Crippen LogP contribution in [0.25, 0.3) is 0 Å². The minimum absolute atomic E-state index is 0.00506. The zero-order valence-electron chi connectivity index (χ0n) is 14.8. The number of rotatable bonds is 3. The molecule has 2 saturated carbocycles. The van der Waals surface area contributed by atoms with Crippen molar-refractivity contribution < 1.29 is 18.7 Å². The molecule has 1 aromatic rings. The highest BCUT2D eigenvalue weighted by Gasteiger charge is 2.59. The Morgan fingerprint density at radius 3 is 2.69 bits per heavy atom. The Kier molecular flexibility index (Phi) is 3.37. The van der Waals surface area contributed by atoms with Crippen molar-refractivity contribution in [1.29, 1.82) is 0 Å². The number of nitrogens with one attached hydrogen (secondary N) is 1. The summed E-state index contributed by atoms with van der Waals surface area (Å²) in [5, 5.41) is 2.84. The molecule has 0 bridgehead atoms. The van der Waals surface area contributed by atoms with Gasteiger partial charge in [-0.15, -0.1) is 0 Å². The van der Waals surface area contributed by atoms with Gasteiger partial charge in [0.2, 0.25) is 5.91 Å². The molecule has 1 N–H and O–H groups in total. The van der Waals surface area contributed by atoms with E-state index in [0.717, 1.165) is 18.7 Å². The number of carbonyl (C=O) groups excluding carboxylic acids is 2. The topological polar surface area (TPSA) is 58.6 Å².